The molecule has 3 N–H and O–H groups in total. The molecule has 0 aliphatic rings. The van der Waals surface area contributed by atoms with E-state index in [-0.39, 0.29) is 12.5 Å². The maximum absolute atomic E-state index is 12.2. The molecule has 0 bridgehead atoms. The summed E-state index contributed by atoms with van der Waals surface area (Å²) in [5.41, 5.74) is 7.07. The van der Waals surface area contributed by atoms with Crippen LogP contribution < -0.4 is 10.6 Å². The van der Waals surface area contributed by atoms with E-state index in [1.807, 2.05) is 24.3 Å². The van der Waals surface area contributed by atoms with Gasteiger partial charge in [0.25, 0.3) is 0 Å². The smallest absolute Gasteiger partial charge is 0.246 e. The molecular formula is C14H13N5O. The second-order valence-corrected chi connectivity index (χ2v) is 4.23. The Morgan fingerprint density at radius 1 is 1.20 bits per heavy atom. The zero-order valence-corrected chi connectivity index (χ0v) is 10.7. The van der Waals surface area contributed by atoms with E-state index in [1.54, 1.807) is 24.5 Å². The van der Waals surface area contributed by atoms with Crippen LogP contribution >= 0.6 is 0 Å². The van der Waals surface area contributed by atoms with Gasteiger partial charge in [-0.2, -0.15) is 5.10 Å². The summed E-state index contributed by atoms with van der Waals surface area (Å²) in [5, 5.41) is 8.03. The van der Waals surface area contributed by atoms with Crippen LogP contribution in [0.15, 0.2) is 48.8 Å². The lowest BCUT2D eigenvalue weighted by molar-refractivity contribution is -0.116. The van der Waals surface area contributed by atoms with Crippen molar-refractivity contribution in [1.82, 2.24) is 15.2 Å². The molecular weight excluding hydrogens is 254 g/mol. The van der Waals surface area contributed by atoms with Gasteiger partial charge in [-0.05, 0) is 24.3 Å². The standard InChI is InChI=1S/C14H13N5O/c15-9-13(20)19(10-5-7-16-8-6-10)14-11-3-1-2-4-12(11)17-18-14/h1-8H,9,15H2,(H,17,18). The van der Waals surface area contributed by atoms with Crippen molar-refractivity contribution in [2.45, 2.75) is 0 Å². The largest absolute Gasteiger partial charge is 0.322 e. The number of fused-ring (bicyclic) bond motifs is 1. The Labute approximate surface area is 115 Å². The first-order valence-electron chi connectivity index (χ1n) is 6.17. The van der Waals surface area contributed by atoms with E-state index in [1.165, 1.54) is 4.90 Å². The number of pyridine rings is 1. The van der Waals surface area contributed by atoms with Gasteiger partial charge in [0.1, 0.15) is 0 Å². The molecule has 6 nitrogen and oxygen atoms in total. The highest BCUT2D eigenvalue weighted by Crippen LogP contribution is 2.29. The Bertz CT molecular complexity index is 737. The molecule has 0 saturated heterocycles. The first-order valence-corrected chi connectivity index (χ1v) is 6.17. The Morgan fingerprint density at radius 2 is 1.95 bits per heavy atom. The van der Waals surface area contributed by atoms with Crippen LogP contribution in [0.2, 0.25) is 0 Å². The van der Waals surface area contributed by atoms with Crippen molar-refractivity contribution in [2.75, 3.05) is 11.4 Å². The van der Waals surface area contributed by atoms with E-state index in [4.69, 9.17) is 5.73 Å². The van der Waals surface area contributed by atoms with E-state index < -0.39 is 0 Å². The van der Waals surface area contributed by atoms with Gasteiger partial charge in [-0.3, -0.25) is 19.8 Å². The minimum atomic E-state index is -0.228. The minimum absolute atomic E-state index is 0.0937. The van der Waals surface area contributed by atoms with Crippen LogP contribution in [0.5, 0.6) is 0 Å². The molecule has 0 atom stereocenters. The van der Waals surface area contributed by atoms with Gasteiger partial charge < -0.3 is 5.73 Å². The third-order valence-corrected chi connectivity index (χ3v) is 3.01. The van der Waals surface area contributed by atoms with Crippen LogP contribution in [-0.4, -0.2) is 27.6 Å². The number of H-pyrrole nitrogens is 1. The molecule has 6 heteroatoms. The van der Waals surface area contributed by atoms with Crippen LogP contribution in [0.1, 0.15) is 0 Å². The SMILES string of the molecule is NCC(=O)N(c1ccncc1)c1n[nH]c2ccccc12. The van der Waals surface area contributed by atoms with Gasteiger partial charge in [-0.25, -0.2) is 0 Å². The number of carbonyl (C=O) groups is 1. The molecule has 0 aliphatic carbocycles. The fourth-order valence-electron chi connectivity index (χ4n) is 2.09. The van der Waals surface area contributed by atoms with Gasteiger partial charge in [-0.15, -0.1) is 0 Å². The number of hydrogen-bond acceptors (Lipinski definition) is 4. The molecule has 0 unspecified atom stereocenters. The molecule has 0 radical (unpaired) electrons. The Hall–Kier alpha value is -2.73. The highest BCUT2D eigenvalue weighted by molar-refractivity contribution is 6.07. The number of aromatic amines is 1. The number of para-hydroxylation sites is 1. The molecule has 0 fully saturated rings. The molecule has 3 rings (SSSR count). The molecule has 2 heterocycles. The Morgan fingerprint density at radius 3 is 2.70 bits per heavy atom. The first kappa shape index (κ1) is 12.3. The van der Waals surface area contributed by atoms with Crippen LogP contribution in [-0.2, 0) is 4.79 Å². The number of nitrogens with one attached hydrogen (secondary N) is 1. The van der Waals surface area contributed by atoms with E-state index in [0.29, 0.717) is 11.5 Å². The van der Waals surface area contributed by atoms with Crippen molar-refractivity contribution < 1.29 is 4.79 Å². The zero-order valence-electron chi connectivity index (χ0n) is 10.7. The predicted octanol–water partition coefficient (Wildman–Crippen LogP) is 1.58. The Kier molecular flexibility index (Phi) is 3.14. The number of benzene rings is 1. The molecule has 0 saturated carbocycles. The maximum atomic E-state index is 12.2. The van der Waals surface area contributed by atoms with E-state index in [9.17, 15) is 4.79 Å². The highest BCUT2D eigenvalue weighted by atomic mass is 16.2. The average Bonchev–Trinajstić information content (AvgIpc) is 2.92. The molecule has 3 aromatic rings. The number of nitrogens with two attached hydrogens (primary N) is 1. The van der Waals surface area contributed by atoms with Crippen molar-refractivity contribution in [3.8, 4) is 0 Å². The number of amides is 1. The van der Waals surface area contributed by atoms with Crippen molar-refractivity contribution >= 4 is 28.3 Å². The second-order valence-electron chi connectivity index (χ2n) is 4.23. The third-order valence-electron chi connectivity index (χ3n) is 3.01. The van der Waals surface area contributed by atoms with Gasteiger partial charge in [0.2, 0.25) is 5.91 Å². The predicted molar refractivity (Wildman–Crippen MR) is 76.5 cm³/mol. The fourth-order valence-corrected chi connectivity index (χ4v) is 2.09. The Balaban J connectivity index is 2.17. The third kappa shape index (κ3) is 2.02. The van der Waals surface area contributed by atoms with Crippen LogP contribution in [0.25, 0.3) is 10.9 Å². The summed E-state index contributed by atoms with van der Waals surface area (Å²) in [4.78, 5) is 17.6. The molecule has 20 heavy (non-hydrogen) atoms. The van der Waals surface area contributed by atoms with Gasteiger partial charge in [-0.1, -0.05) is 12.1 Å². The normalized spacial score (nSPS) is 10.7. The summed E-state index contributed by atoms with van der Waals surface area (Å²) in [6, 6.07) is 11.1. The summed E-state index contributed by atoms with van der Waals surface area (Å²) in [6.45, 7) is -0.0937. The molecule has 0 spiro atoms. The van der Waals surface area contributed by atoms with Gasteiger partial charge in [0, 0.05) is 17.8 Å². The maximum Gasteiger partial charge on any atom is 0.246 e. The van der Waals surface area contributed by atoms with Crippen molar-refractivity contribution in [3.05, 3.63) is 48.8 Å². The molecule has 2 aromatic heterocycles. The molecule has 1 aromatic carbocycles. The number of nitrogens with zero attached hydrogens (tertiary/aromatic N) is 3. The van der Waals surface area contributed by atoms with E-state index in [0.717, 1.165) is 10.9 Å². The number of aromatic nitrogens is 3. The van der Waals surface area contributed by atoms with Crippen LogP contribution in [0, 0.1) is 0 Å². The van der Waals surface area contributed by atoms with Gasteiger partial charge in [0.15, 0.2) is 5.82 Å². The van der Waals surface area contributed by atoms with Gasteiger partial charge >= 0.3 is 0 Å². The van der Waals surface area contributed by atoms with Crippen LogP contribution in [0.4, 0.5) is 11.5 Å². The monoisotopic (exact) mass is 267 g/mol. The first-order chi connectivity index (χ1) is 9.81. The molecule has 0 aliphatic heterocycles. The summed E-state index contributed by atoms with van der Waals surface area (Å²) in [5.74, 6) is 0.315. The minimum Gasteiger partial charge on any atom is -0.322 e. The lowest BCUT2D eigenvalue weighted by Gasteiger charge is -2.19. The van der Waals surface area contributed by atoms with Crippen molar-refractivity contribution in [2.24, 2.45) is 5.73 Å². The van der Waals surface area contributed by atoms with Crippen LogP contribution in [0.3, 0.4) is 0 Å². The number of hydrogen-bond donors (Lipinski definition) is 2. The second kappa shape index (κ2) is 5.10. The van der Waals surface area contributed by atoms with Crippen molar-refractivity contribution in [1.29, 1.82) is 0 Å². The summed E-state index contributed by atoms with van der Waals surface area (Å²) in [7, 11) is 0. The summed E-state index contributed by atoms with van der Waals surface area (Å²) >= 11 is 0. The fraction of sp³-hybridized carbons (Fsp3) is 0.0714. The average molecular weight is 267 g/mol. The quantitative estimate of drug-likeness (QED) is 0.754. The van der Waals surface area contributed by atoms with E-state index >= 15 is 0 Å². The number of rotatable bonds is 3. The lowest BCUT2D eigenvalue weighted by Crippen LogP contribution is -2.32. The zero-order chi connectivity index (χ0) is 13.9. The number of anilines is 2. The number of carbonyl (C=O) groups excluding carboxylic acids is 1. The topological polar surface area (TPSA) is 87.9 Å². The van der Waals surface area contributed by atoms with Crippen molar-refractivity contribution in [3.63, 3.8) is 0 Å². The summed E-state index contributed by atoms with van der Waals surface area (Å²) < 4.78 is 0. The van der Waals surface area contributed by atoms with E-state index in [2.05, 4.69) is 15.2 Å². The highest BCUT2D eigenvalue weighted by Gasteiger charge is 2.21. The lowest BCUT2D eigenvalue weighted by atomic mass is 10.2. The summed E-state index contributed by atoms with van der Waals surface area (Å²) in [6.07, 6.45) is 3.25. The molecule has 100 valence electrons. The molecule has 1 amide bonds. The van der Waals surface area contributed by atoms with Gasteiger partial charge in [0.05, 0.1) is 17.7 Å².